The fourth-order valence-corrected chi connectivity index (χ4v) is 3.82. The Balaban J connectivity index is 2.04. The van der Waals surface area contributed by atoms with E-state index in [0.29, 0.717) is 6.54 Å². The molecule has 88 valence electrons. The third-order valence-corrected chi connectivity index (χ3v) is 5.00. The topological polar surface area (TPSA) is 40.6 Å². The number of rotatable bonds is 1. The van der Waals surface area contributed by atoms with E-state index >= 15 is 0 Å². The van der Waals surface area contributed by atoms with Gasteiger partial charge in [0.05, 0.1) is 11.8 Å². The van der Waals surface area contributed by atoms with Crippen molar-refractivity contribution < 1.29 is 8.42 Å². The van der Waals surface area contributed by atoms with Crippen LogP contribution < -0.4 is 0 Å². The molecule has 2 aliphatic heterocycles. The van der Waals surface area contributed by atoms with Gasteiger partial charge in [0.15, 0.2) is 0 Å². The van der Waals surface area contributed by atoms with Gasteiger partial charge in [-0.15, -0.1) is 0 Å². The summed E-state index contributed by atoms with van der Waals surface area (Å²) in [5.74, 6) is 0. The van der Waals surface area contributed by atoms with Crippen LogP contribution in [0, 0.1) is 0 Å². The molecule has 2 saturated heterocycles. The second-order valence-electron chi connectivity index (χ2n) is 5.84. The van der Waals surface area contributed by atoms with Crippen LogP contribution in [0.3, 0.4) is 0 Å². The Bertz CT molecular complexity index is 363. The zero-order valence-electron chi connectivity index (χ0n) is 9.95. The number of sulfonamides is 1. The van der Waals surface area contributed by atoms with E-state index in [-0.39, 0.29) is 11.1 Å². The lowest BCUT2D eigenvalue weighted by Gasteiger charge is -2.64. The summed E-state index contributed by atoms with van der Waals surface area (Å²) in [6.45, 7) is 9.00. The molecule has 0 unspecified atom stereocenters. The zero-order chi connectivity index (χ0) is 11.5. The van der Waals surface area contributed by atoms with Crippen LogP contribution in [0.1, 0.15) is 27.2 Å². The van der Waals surface area contributed by atoms with Crippen molar-refractivity contribution in [2.45, 2.75) is 38.3 Å². The van der Waals surface area contributed by atoms with Gasteiger partial charge in [0, 0.05) is 25.2 Å². The predicted molar refractivity (Wildman–Crippen MR) is 60.2 cm³/mol. The average molecular weight is 232 g/mol. The normalized spacial score (nSPS) is 27.5. The molecule has 0 saturated carbocycles. The Kier molecular flexibility index (Phi) is 2.24. The lowest BCUT2D eigenvalue weighted by atomic mass is 9.77. The molecule has 0 aliphatic carbocycles. The molecule has 0 amide bonds. The molecule has 0 N–H and O–H groups in total. The van der Waals surface area contributed by atoms with E-state index < -0.39 is 10.0 Å². The number of nitrogens with zero attached hydrogens (tertiary/aromatic N) is 2. The number of hydrogen-bond acceptors (Lipinski definition) is 3. The summed E-state index contributed by atoms with van der Waals surface area (Å²) in [6.07, 6.45) is 2.33. The van der Waals surface area contributed by atoms with Crippen LogP contribution >= 0.6 is 0 Å². The monoisotopic (exact) mass is 232 g/mol. The highest BCUT2D eigenvalue weighted by Gasteiger charge is 2.58. The van der Waals surface area contributed by atoms with Crippen molar-refractivity contribution in [3.05, 3.63) is 0 Å². The van der Waals surface area contributed by atoms with E-state index in [2.05, 4.69) is 25.7 Å². The maximum absolute atomic E-state index is 11.5. The fraction of sp³-hybridized carbons (Fsp3) is 1.00. The first kappa shape index (κ1) is 11.4. The smallest absolute Gasteiger partial charge is 0.211 e. The van der Waals surface area contributed by atoms with E-state index in [1.54, 1.807) is 4.31 Å². The van der Waals surface area contributed by atoms with Crippen LogP contribution in [-0.2, 0) is 10.0 Å². The summed E-state index contributed by atoms with van der Waals surface area (Å²) in [4.78, 5) is 2.34. The van der Waals surface area contributed by atoms with E-state index in [0.717, 1.165) is 19.5 Å². The van der Waals surface area contributed by atoms with Gasteiger partial charge >= 0.3 is 0 Å². The summed E-state index contributed by atoms with van der Waals surface area (Å²) < 4.78 is 24.6. The summed E-state index contributed by atoms with van der Waals surface area (Å²) in [6, 6.07) is 0. The zero-order valence-corrected chi connectivity index (χ0v) is 10.8. The van der Waals surface area contributed by atoms with Gasteiger partial charge in [0.25, 0.3) is 0 Å². The van der Waals surface area contributed by atoms with Crippen molar-refractivity contribution >= 4 is 10.0 Å². The van der Waals surface area contributed by atoms with Crippen molar-refractivity contribution in [1.82, 2.24) is 9.21 Å². The summed E-state index contributed by atoms with van der Waals surface area (Å²) in [5, 5.41) is 0. The number of likely N-dealkylation sites (tertiary alicyclic amines) is 1. The Labute approximate surface area is 92.3 Å². The molecule has 0 atom stereocenters. The molecule has 0 aromatic rings. The van der Waals surface area contributed by atoms with Crippen molar-refractivity contribution in [3.63, 3.8) is 0 Å². The molecular weight excluding hydrogens is 212 g/mol. The largest absolute Gasteiger partial charge is 0.295 e. The standard InChI is InChI=1S/C10H20N2O2S/c1-9(2,3)11-7-10(8-11)5-6-12(10)15(4,13)14/h5-8H2,1-4H3. The van der Waals surface area contributed by atoms with Gasteiger partial charge in [-0.2, -0.15) is 4.31 Å². The molecule has 2 rings (SSSR count). The van der Waals surface area contributed by atoms with Crippen LogP contribution in [0.5, 0.6) is 0 Å². The van der Waals surface area contributed by atoms with Gasteiger partial charge < -0.3 is 0 Å². The Morgan fingerprint density at radius 3 is 2.00 bits per heavy atom. The first-order chi connectivity index (χ1) is 6.65. The van der Waals surface area contributed by atoms with Crippen molar-refractivity contribution in [2.24, 2.45) is 0 Å². The van der Waals surface area contributed by atoms with Gasteiger partial charge in [0.1, 0.15) is 0 Å². The Morgan fingerprint density at radius 2 is 1.73 bits per heavy atom. The minimum Gasteiger partial charge on any atom is -0.295 e. The van der Waals surface area contributed by atoms with E-state index in [4.69, 9.17) is 0 Å². The van der Waals surface area contributed by atoms with Gasteiger partial charge in [-0.1, -0.05) is 0 Å². The molecule has 2 heterocycles. The van der Waals surface area contributed by atoms with Gasteiger partial charge in [-0.3, -0.25) is 4.90 Å². The maximum atomic E-state index is 11.5. The second-order valence-corrected chi connectivity index (χ2v) is 7.74. The van der Waals surface area contributed by atoms with Crippen molar-refractivity contribution in [3.8, 4) is 0 Å². The van der Waals surface area contributed by atoms with Crippen LogP contribution in [-0.4, -0.2) is 54.6 Å². The lowest BCUT2D eigenvalue weighted by molar-refractivity contribution is -0.109. The van der Waals surface area contributed by atoms with Crippen LogP contribution in [0.25, 0.3) is 0 Å². The quantitative estimate of drug-likeness (QED) is 0.661. The average Bonchev–Trinajstić information content (AvgIpc) is 1.71. The molecule has 2 fully saturated rings. The molecule has 0 aromatic carbocycles. The minimum atomic E-state index is -3.00. The SMILES string of the molecule is CC(C)(C)N1CC2(CCN2S(C)(=O)=O)C1. The first-order valence-electron chi connectivity index (χ1n) is 5.38. The van der Waals surface area contributed by atoms with E-state index in [9.17, 15) is 8.42 Å². The van der Waals surface area contributed by atoms with Crippen LogP contribution in [0.15, 0.2) is 0 Å². The summed E-state index contributed by atoms with van der Waals surface area (Å²) >= 11 is 0. The van der Waals surface area contributed by atoms with Gasteiger partial charge in [-0.05, 0) is 27.2 Å². The van der Waals surface area contributed by atoms with E-state index in [1.165, 1.54) is 6.26 Å². The molecule has 0 bridgehead atoms. The molecule has 0 radical (unpaired) electrons. The third kappa shape index (κ3) is 1.70. The molecule has 2 aliphatic rings. The molecule has 1 spiro atoms. The van der Waals surface area contributed by atoms with Gasteiger partial charge in [-0.25, -0.2) is 8.42 Å². The molecular formula is C10H20N2O2S. The highest BCUT2D eigenvalue weighted by atomic mass is 32.2. The molecule has 0 aromatic heterocycles. The van der Waals surface area contributed by atoms with Crippen molar-refractivity contribution in [1.29, 1.82) is 0 Å². The van der Waals surface area contributed by atoms with Gasteiger partial charge in [0.2, 0.25) is 10.0 Å². The molecule has 5 heteroatoms. The molecule has 4 nitrogen and oxygen atoms in total. The van der Waals surface area contributed by atoms with Crippen LogP contribution in [0.4, 0.5) is 0 Å². The minimum absolute atomic E-state index is 0.0547. The highest BCUT2D eigenvalue weighted by molar-refractivity contribution is 7.88. The molecule has 15 heavy (non-hydrogen) atoms. The van der Waals surface area contributed by atoms with E-state index in [1.807, 2.05) is 0 Å². The number of hydrogen-bond donors (Lipinski definition) is 0. The third-order valence-electron chi connectivity index (χ3n) is 3.63. The Hall–Kier alpha value is -0.130. The predicted octanol–water partition coefficient (Wildman–Crippen LogP) is 0.505. The summed E-state index contributed by atoms with van der Waals surface area (Å²) in [5.41, 5.74) is 0.102. The Morgan fingerprint density at radius 1 is 1.20 bits per heavy atom. The second kappa shape index (κ2) is 2.96. The first-order valence-corrected chi connectivity index (χ1v) is 7.23. The fourth-order valence-electron chi connectivity index (χ4n) is 2.49. The highest BCUT2D eigenvalue weighted by Crippen LogP contribution is 2.43. The lowest BCUT2D eigenvalue weighted by Crippen LogP contribution is -2.79. The van der Waals surface area contributed by atoms with Crippen LogP contribution in [0.2, 0.25) is 0 Å². The summed E-state index contributed by atoms with van der Waals surface area (Å²) in [7, 11) is -3.00. The van der Waals surface area contributed by atoms with Crippen molar-refractivity contribution in [2.75, 3.05) is 25.9 Å². The maximum Gasteiger partial charge on any atom is 0.211 e.